The number of aromatic nitrogens is 3. The molecule has 1 aliphatic carbocycles. The summed E-state index contributed by atoms with van der Waals surface area (Å²) in [5.74, 6) is 1.59. The van der Waals surface area contributed by atoms with Gasteiger partial charge in [-0.25, -0.2) is 4.98 Å². The van der Waals surface area contributed by atoms with E-state index in [1.807, 2.05) is 17.5 Å². The summed E-state index contributed by atoms with van der Waals surface area (Å²) in [4.78, 5) is 4.59. The van der Waals surface area contributed by atoms with Crippen molar-refractivity contribution in [1.29, 1.82) is 0 Å². The van der Waals surface area contributed by atoms with Crippen LogP contribution in [0.25, 0.3) is 5.65 Å². The third-order valence-corrected chi connectivity index (χ3v) is 4.05. The number of aryl methyl sites for hydroxylation is 1. The lowest BCUT2D eigenvalue weighted by atomic mass is 9.87. The number of hydrogen-bond acceptors (Lipinski definition) is 4. The Kier molecular flexibility index (Phi) is 3.87. The van der Waals surface area contributed by atoms with Crippen LogP contribution in [0.3, 0.4) is 0 Å². The van der Waals surface area contributed by atoms with E-state index in [4.69, 9.17) is 10.8 Å². The summed E-state index contributed by atoms with van der Waals surface area (Å²) >= 11 is 0. The van der Waals surface area contributed by atoms with Crippen molar-refractivity contribution in [2.45, 2.75) is 44.9 Å². The molecule has 108 valence electrons. The molecule has 0 atom stereocenters. The first-order valence-electron chi connectivity index (χ1n) is 7.59. The van der Waals surface area contributed by atoms with E-state index >= 15 is 0 Å². The van der Waals surface area contributed by atoms with Crippen LogP contribution in [0.4, 0.5) is 5.82 Å². The minimum absolute atomic E-state index is 0.605. The van der Waals surface area contributed by atoms with Gasteiger partial charge < -0.3 is 11.1 Å². The summed E-state index contributed by atoms with van der Waals surface area (Å²) in [6.07, 6.45) is 6.53. The topological polar surface area (TPSA) is 68.2 Å². The number of nitrogens with zero attached hydrogens (tertiary/aromatic N) is 3. The van der Waals surface area contributed by atoms with Gasteiger partial charge in [0.15, 0.2) is 5.65 Å². The summed E-state index contributed by atoms with van der Waals surface area (Å²) in [6.45, 7) is 3.37. The third kappa shape index (κ3) is 2.63. The van der Waals surface area contributed by atoms with Gasteiger partial charge in [0.05, 0.1) is 5.69 Å². The zero-order valence-electron chi connectivity index (χ0n) is 12.1. The SMILES string of the molecule is Cc1cc(NCCN)n2nc(C3CCCCC3)cc2n1. The van der Waals surface area contributed by atoms with Crippen molar-refractivity contribution >= 4 is 11.5 Å². The number of nitrogens with one attached hydrogen (secondary N) is 1. The van der Waals surface area contributed by atoms with E-state index in [1.165, 1.54) is 37.8 Å². The highest BCUT2D eigenvalue weighted by molar-refractivity contribution is 5.50. The molecule has 2 aromatic heterocycles. The van der Waals surface area contributed by atoms with E-state index < -0.39 is 0 Å². The zero-order chi connectivity index (χ0) is 13.9. The van der Waals surface area contributed by atoms with E-state index in [1.54, 1.807) is 0 Å². The molecule has 0 bridgehead atoms. The van der Waals surface area contributed by atoms with Gasteiger partial charge in [0.1, 0.15) is 5.82 Å². The molecule has 0 amide bonds. The number of fused-ring (bicyclic) bond motifs is 1. The molecule has 0 unspecified atom stereocenters. The predicted octanol–water partition coefficient (Wildman–Crippen LogP) is 2.46. The molecule has 1 saturated carbocycles. The van der Waals surface area contributed by atoms with Crippen LogP contribution in [-0.2, 0) is 0 Å². The van der Waals surface area contributed by atoms with Gasteiger partial charge in [0.2, 0.25) is 0 Å². The molecule has 20 heavy (non-hydrogen) atoms. The molecule has 0 aliphatic heterocycles. The lowest BCUT2D eigenvalue weighted by Crippen LogP contribution is -2.16. The summed E-state index contributed by atoms with van der Waals surface area (Å²) in [7, 11) is 0. The van der Waals surface area contributed by atoms with Crippen molar-refractivity contribution in [3.63, 3.8) is 0 Å². The Balaban J connectivity index is 1.96. The lowest BCUT2D eigenvalue weighted by Gasteiger charge is -2.19. The molecule has 0 spiro atoms. The maximum Gasteiger partial charge on any atom is 0.157 e. The molecule has 0 radical (unpaired) electrons. The quantitative estimate of drug-likeness (QED) is 0.898. The van der Waals surface area contributed by atoms with E-state index in [0.29, 0.717) is 12.5 Å². The van der Waals surface area contributed by atoms with E-state index in [-0.39, 0.29) is 0 Å². The van der Waals surface area contributed by atoms with Crippen molar-refractivity contribution in [2.24, 2.45) is 5.73 Å². The van der Waals surface area contributed by atoms with Gasteiger partial charge in [-0.05, 0) is 19.8 Å². The number of nitrogens with two attached hydrogens (primary N) is 1. The molecule has 3 rings (SSSR count). The second-order valence-corrected chi connectivity index (χ2v) is 5.67. The Labute approximate surface area is 119 Å². The molecule has 2 aromatic rings. The molecule has 0 saturated heterocycles. The molecular formula is C15H23N5. The number of rotatable bonds is 4. The van der Waals surface area contributed by atoms with E-state index in [9.17, 15) is 0 Å². The largest absolute Gasteiger partial charge is 0.369 e. The van der Waals surface area contributed by atoms with E-state index in [2.05, 4.69) is 16.4 Å². The van der Waals surface area contributed by atoms with Crippen molar-refractivity contribution in [3.05, 3.63) is 23.5 Å². The molecule has 1 fully saturated rings. The van der Waals surface area contributed by atoms with Gasteiger partial charge in [-0.3, -0.25) is 0 Å². The van der Waals surface area contributed by atoms with Crippen molar-refractivity contribution in [3.8, 4) is 0 Å². The van der Waals surface area contributed by atoms with Gasteiger partial charge in [0, 0.05) is 36.8 Å². The van der Waals surface area contributed by atoms with Crippen LogP contribution < -0.4 is 11.1 Å². The molecular weight excluding hydrogens is 250 g/mol. The van der Waals surface area contributed by atoms with Crippen LogP contribution in [0.5, 0.6) is 0 Å². The fourth-order valence-electron chi connectivity index (χ4n) is 3.04. The highest BCUT2D eigenvalue weighted by atomic mass is 15.3. The van der Waals surface area contributed by atoms with Crippen LogP contribution in [0.15, 0.2) is 12.1 Å². The summed E-state index contributed by atoms with van der Waals surface area (Å²) < 4.78 is 1.92. The fraction of sp³-hybridized carbons (Fsp3) is 0.600. The summed E-state index contributed by atoms with van der Waals surface area (Å²) in [6, 6.07) is 4.18. The van der Waals surface area contributed by atoms with Crippen LogP contribution in [-0.4, -0.2) is 27.7 Å². The molecule has 5 heteroatoms. The number of anilines is 1. The van der Waals surface area contributed by atoms with Gasteiger partial charge >= 0.3 is 0 Å². The fourth-order valence-corrected chi connectivity index (χ4v) is 3.04. The lowest BCUT2D eigenvalue weighted by molar-refractivity contribution is 0.435. The Morgan fingerprint density at radius 1 is 1.30 bits per heavy atom. The van der Waals surface area contributed by atoms with E-state index in [0.717, 1.165) is 23.7 Å². The summed E-state index contributed by atoms with van der Waals surface area (Å²) in [5, 5.41) is 8.11. The van der Waals surface area contributed by atoms with Crippen LogP contribution in [0.1, 0.15) is 49.4 Å². The smallest absolute Gasteiger partial charge is 0.157 e. The minimum Gasteiger partial charge on any atom is -0.369 e. The Bertz CT molecular complexity index is 583. The van der Waals surface area contributed by atoms with Crippen molar-refractivity contribution in [2.75, 3.05) is 18.4 Å². The average molecular weight is 273 g/mol. The highest BCUT2D eigenvalue weighted by Gasteiger charge is 2.19. The molecule has 5 nitrogen and oxygen atoms in total. The Hall–Kier alpha value is -1.62. The zero-order valence-corrected chi connectivity index (χ0v) is 12.1. The Morgan fingerprint density at radius 3 is 2.85 bits per heavy atom. The predicted molar refractivity (Wildman–Crippen MR) is 81.1 cm³/mol. The normalized spacial score (nSPS) is 16.7. The van der Waals surface area contributed by atoms with Gasteiger partial charge in [-0.15, -0.1) is 0 Å². The van der Waals surface area contributed by atoms with Crippen LogP contribution >= 0.6 is 0 Å². The van der Waals surface area contributed by atoms with Crippen LogP contribution in [0.2, 0.25) is 0 Å². The minimum atomic E-state index is 0.605. The maximum absolute atomic E-state index is 5.57. The average Bonchev–Trinajstić information content (AvgIpc) is 2.89. The second-order valence-electron chi connectivity index (χ2n) is 5.67. The molecule has 1 aliphatic rings. The first kappa shape index (κ1) is 13.4. The molecule has 3 N–H and O–H groups in total. The van der Waals surface area contributed by atoms with Gasteiger partial charge in [-0.1, -0.05) is 19.3 Å². The molecule has 0 aromatic carbocycles. The first-order valence-corrected chi connectivity index (χ1v) is 7.59. The van der Waals surface area contributed by atoms with Crippen molar-refractivity contribution in [1.82, 2.24) is 14.6 Å². The summed E-state index contributed by atoms with van der Waals surface area (Å²) in [5.41, 5.74) is 8.71. The second kappa shape index (κ2) is 5.79. The number of hydrogen-bond donors (Lipinski definition) is 2. The third-order valence-electron chi connectivity index (χ3n) is 4.05. The monoisotopic (exact) mass is 273 g/mol. The van der Waals surface area contributed by atoms with Crippen LogP contribution in [0, 0.1) is 6.92 Å². The Morgan fingerprint density at radius 2 is 2.10 bits per heavy atom. The van der Waals surface area contributed by atoms with Gasteiger partial charge in [0.25, 0.3) is 0 Å². The highest BCUT2D eigenvalue weighted by Crippen LogP contribution is 2.32. The van der Waals surface area contributed by atoms with Gasteiger partial charge in [-0.2, -0.15) is 9.61 Å². The maximum atomic E-state index is 5.57. The first-order chi connectivity index (χ1) is 9.78. The van der Waals surface area contributed by atoms with Crippen molar-refractivity contribution < 1.29 is 0 Å². The standard InChI is InChI=1S/C15H23N5/c1-11-9-14(17-8-7-16)20-15(18-11)10-13(19-20)12-5-3-2-4-6-12/h9-10,12,17H,2-8,16H2,1H3. The molecule has 2 heterocycles.